The summed E-state index contributed by atoms with van der Waals surface area (Å²) in [5.41, 5.74) is -1.20. The zero-order valence-electron chi connectivity index (χ0n) is 31.8. The minimum absolute atomic E-state index is 0.0129. The molecule has 2 fully saturated rings. The van der Waals surface area contributed by atoms with E-state index in [0.717, 1.165) is 6.42 Å². The summed E-state index contributed by atoms with van der Waals surface area (Å²) < 4.78 is 49.0. The molecule has 14 nitrogen and oxygen atoms in total. The second-order valence-corrected chi connectivity index (χ2v) is 18.1. The van der Waals surface area contributed by atoms with E-state index in [9.17, 15) is 36.8 Å². The van der Waals surface area contributed by atoms with Crippen molar-refractivity contribution in [3.8, 4) is 0 Å². The first-order valence-corrected chi connectivity index (χ1v) is 20.6. The van der Waals surface area contributed by atoms with Crippen molar-refractivity contribution in [2.24, 2.45) is 5.92 Å². The number of carbonyl (C=O) groups excluding carboxylic acids is 5. The van der Waals surface area contributed by atoms with Crippen molar-refractivity contribution in [3.63, 3.8) is 0 Å². The summed E-state index contributed by atoms with van der Waals surface area (Å²) in [6, 6.07) is 7.07. The number of amides is 6. The number of hydrogen-bond donors (Lipinski definition) is 3. The molecule has 56 heavy (non-hydrogen) atoms. The topological polar surface area (TPSA) is 175 Å². The molecule has 0 bridgehead atoms. The summed E-state index contributed by atoms with van der Waals surface area (Å²) >= 11 is 5.94. The number of benzene rings is 2. The average molecular weight is 815 g/mol. The maximum atomic E-state index is 14.5. The molecule has 3 heterocycles. The van der Waals surface area contributed by atoms with Crippen LogP contribution in [0.4, 0.5) is 14.0 Å². The zero-order valence-corrected chi connectivity index (χ0v) is 33.4. The lowest BCUT2D eigenvalue weighted by atomic mass is 10.0. The van der Waals surface area contributed by atoms with Gasteiger partial charge in [0.2, 0.25) is 11.8 Å². The van der Waals surface area contributed by atoms with Gasteiger partial charge in [0.25, 0.3) is 15.9 Å². The van der Waals surface area contributed by atoms with Crippen molar-refractivity contribution in [1.82, 2.24) is 30.1 Å². The zero-order chi connectivity index (χ0) is 40.6. The Labute approximate surface area is 331 Å². The lowest BCUT2D eigenvalue weighted by Crippen LogP contribution is -2.59. The summed E-state index contributed by atoms with van der Waals surface area (Å²) in [6.07, 6.45) is 4.84. The third kappa shape index (κ3) is 8.80. The van der Waals surface area contributed by atoms with Gasteiger partial charge >= 0.3 is 12.1 Å². The van der Waals surface area contributed by atoms with Crippen molar-refractivity contribution in [1.29, 1.82) is 0 Å². The van der Waals surface area contributed by atoms with E-state index in [0.29, 0.717) is 35.4 Å². The molecular formula is C39H48ClFN6O8S. The van der Waals surface area contributed by atoms with Crippen LogP contribution in [0.15, 0.2) is 59.5 Å². The lowest BCUT2D eigenvalue weighted by molar-refractivity contribution is -0.141. The fraction of sp³-hybridized carbons (Fsp3) is 0.513. The van der Waals surface area contributed by atoms with Gasteiger partial charge in [0, 0.05) is 42.1 Å². The van der Waals surface area contributed by atoms with Crippen molar-refractivity contribution in [3.05, 3.63) is 76.6 Å². The number of urea groups is 1. The van der Waals surface area contributed by atoms with E-state index in [2.05, 4.69) is 15.4 Å². The minimum atomic E-state index is -4.36. The van der Waals surface area contributed by atoms with E-state index in [4.69, 9.17) is 16.3 Å². The number of hydrogen-bond acceptors (Lipinski definition) is 8. The molecule has 17 heteroatoms. The Morgan fingerprint density at radius 3 is 2.48 bits per heavy atom. The Morgan fingerprint density at radius 1 is 1.05 bits per heavy atom. The molecule has 302 valence electrons. The SMILES string of the molecule is CN(C(=O)N[C@H]1CCCCC/C=C\[C@@H]2C[C@@]2(C(=O)NS(=O)(=O)c2ccc(Cl)cc2)NC(=O)[C@@H]2C[C@@H](OC(=O)N3Cc4cccc(F)c4C3)CN2C1=O)C(C)(C)C. The van der Waals surface area contributed by atoms with Gasteiger partial charge in [0.1, 0.15) is 29.5 Å². The fourth-order valence-corrected chi connectivity index (χ4v) is 8.49. The van der Waals surface area contributed by atoms with Crippen molar-refractivity contribution in [2.45, 2.75) is 113 Å². The van der Waals surface area contributed by atoms with E-state index in [1.54, 1.807) is 25.3 Å². The maximum absolute atomic E-state index is 14.5. The van der Waals surface area contributed by atoms with Gasteiger partial charge in [0.15, 0.2) is 0 Å². The quantitative estimate of drug-likeness (QED) is 0.367. The number of carbonyl (C=O) groups is 5. The average Bonchev–Trinajstić information content (AvgIpc) is 3.42. The number of nitrogens with zero attached hydrogens (tertiary/aromatic N) is 3. The van der Waals surface area contributed by atoms with Crippen LogP contribution in [0.3, 0.4) is 0 Å². The van der Waals surface area contributed by atoms with Crippen molar-refractivity contribution < 1.29 is 41.5 Å². The van der Waals surface area contributed by atoms with E-state index in [-0.39, 0.29) is 43.8 Å². The Bertz CT molecular complexity index is 2030. The van der Waals surface area contributed by atoms with Crippen LogP contribution in [-0.2, 0) is 42.2 Å². The van der Waals surface area contributed by atoms with Crippen LogP contribution in [0.5, 0.6) is 0 Å². The van der Waals surface area contributed by atoms with Crippen LogP contribution in [0, 0.1) is 11.7 Å². The van der Waals surface area contributed by atoms with Gasteiger partial charge in [-0.2, -0.15) is 0 Å². The summed E-state index contributed by atoms with van der Waals surface area (Å²) in [5, 5.41) is 5.94. The molecule has 5 atom stereocenters. The molecule has 0 radical (unpaired) electrons. The highest BCUT2D eigenvalue weighted by molar-refractivity contribution is 7.90. The fourth-order valence-electron chi connectivity index (χ4n) is 7.33. The molecule has 0 spiro atoms. The van der Waals surface area contributed by atoms with E-state index in [1.807, 2.05) is 26.8 Å². The number of nitrogens with one attached hydrogen (secondary N) is 3. The van der Waals surface area contributed by atoms with Crippen LogP contribution >= 0.6 is 11.6 Å². The Balaban J connectivity index is 1.27. The van der Waals surface area contributed by atoms with Crippen LogP contribution in [0.2, 0.25) is 5.02 Å². The first kappa shape index (κ1) is 40.9. The van der Waals surface area contributed by atoms with E-state index in [1.165, 1.54) is 45.0 Å². The summed E-state index contributed by atoms with van der Waals surface area (Å²) in [6.45, 7) is 5.45. The van der Waals surface area contributed by atoms with Gasteiger partial charge < -0.3 is 25.2 Å². The molecule has 1 aliphatic carbocycles. The smallest absolute Gasteiger partial charge is 0.410 e. The summed E-state index contributed by atoms with van der Waals surface area (Å²) in [7, 11) is -2.75. The lowest BCUT2D eigenvalue weighted by Gasteiger charge is -2.35. The predicted octanol–water partition coefficient (Wildman–Crippen LogP) is 4.61. The molecule has 6 amide bonds. The number of rotatable bonds is 5. The Morgan fingerprint density at radius 2 is 1.79 bits per heavy atom. The molecule has 0 aromatic heterocycles. The molecule has 1 saturated heterocycles. The Hall–Kier alpha value is -4.70. The van der Waals surface area contributed by atoms with Crippen LogP contribution < -0.4 is 15.4 Å². The summed E-state index contributed by atoms with van der Waals surface area (Å²) in [5.74, 6) is -3.26. The van der Waals surface area contributed by atoms with Crippen molar-refractivity contribution in [2.75, 3.05) is 13.6 Å². The number of allylic oxidation sites excluding steroid dienone is 1. The molecule has 1 saturated carbocycles. The van der Waals surface area contributed by atoms with Gasteiger partial charge in [-0.15, -0.1) is 0 Å². The van der Waals surface area contributed by atoms with Gasteiger partial charge in [-0.25, -0.2) is 27.1 Å². The minimum Gasteiger partial charge on any atom is -0.444 e. The highest BCUT2D eigenvalue weighted by Gasteiger charge is 2.62. The number of fused-ring (bicyclic) bond motifs is 3. The largest absolute Gasteiger partial charge is 0.444 e. The van der Waals surface area contributed by atoms with Crippen LogP contribution in [0.1, 0.15) is 76.8 Å². The molecular weight excluding hydrogens is 767 g/mol. The molecule has 0 unspecified atom stereocenters. The normalized spacial score (nSPS) is 26.0. The first-order chi connectivity index (χ1) is 26.4. The predicted molar refractivity (Wildman–Crippen MR) is 204 cm³/mol. The maximum Gasteiger partial charge on any atom is 0.410 e. The van der Waals surface area contributed by atoms with Crippen LogP contribution in [0.25, 0.3) is 0 Å². The van der Waals surface area contributed by atoms with Gasteiger partial charge in [-0.05, 0) is 82.3 Å². The van der Waals surface area contributed by atoms with E-state index < -0.39 is 80.9 Å². The number of halogens is 2. The highest BCUT2D eigenvalue weighted by Crippen LogP contribution is 2.46. The molecule has 4 aliphatic rings. The third-order valence-corrected chi connectivity index (χ3v) is 12.7. The molecule has 3 aliphatic heterocycles. The summed E-state index contributed by atoms with van der Waals surface area (Å²) in [4.78, 5) is 73.5. The molecule has 2 aromatic rings. The standard InChI is InChI=1S/C39H48ClFN6O8S/c1-38(2,3)45(4)36(51)42-31-14-9-7-5-6-8-12-25-20-39(25,35(50)44-56(53,54)28-17-15-26(40)16-18-28)43-33(48)32-19-27(22-47(32)34(31)49)55-37(52)46-21-24-11-10-13-30(41)29(24)23-46/h8,10-13,15-18,25,27,31-32H,5-7,9,14,19-23H2,1-4H3,(H,42,51)(H,43,48)(H,44,50)/b12-8-/t25-,27-,31+,32+,39-/m1/s1. The third-order valence-electron chi connectivity index (χ3n) is 11.1. The second kappa shape index (κ2) is 16.0. The van der Waals surface area contributed by atoms with Crippen molar-refractivity contribution >= 4 is 51.5 Å². The van der Waals surface area contributed by atoms with Gasteiger partial charge in [-0.3, -0.25) is 19.3 Å². The second-order valence-electron chi connectivity index (χ2n) is 15.9. The number of sulfonamides is 1. The molecule has 6 rings (SSSR count). The van der Waals surface area contributed by atoms with Crippen LogP contribution in [-0.4, -0.2) is 95.8 Å². The van der Waals surface area contributed by atoms with Gasteiger partial charge in [-0.1, -0.05) is 48.7 Å². The highest BCUT2D eigenvalue weighted by atomic mass is 35.5. The number of ether oxygens (including phenoxy) is 1. The monoisotopic (exact) mass is 814 g/mol. The van der Waals surface area contributed by atoms with E-state index >= 15 is 0 Å². The Kier molecular flexibility index (Phi) is 11.7. The molecule has 2 aromatic carbocycles. The molecule has 3 N–H and O–H groups in total. The first-order valence-electron chi connectivity index (χ1n) is 18.8. The van der Waals surface area contributed by atoms with Gasteiger partial charge in [0.05, 0.1) is 18.0 Å².